The number of carbonyl (C=O) groups excluding carboxylic acids is 1. The van der Waals surface area contributed by atoms with Crippen molar-refractivity contribution in [3.63, 3.8) is 0 Å². The van der Waals surface area contributed by atoms with Crippen LogP contribution in [0.25, 0.3) is 0 Å². The molecule has 2 aromatic heterocycles. The van der Waals surface area contributed by atoms with Crippen LogP contribution in [0.5, 0.6) is 0 Å². The third kappa shape index (κ3) is 4.68. The number of amides is 1. The van der Waals surface area contributed by atoms with E-state index < -0.39 is 9.84 Å². The third-order valence-corrected chi connectivity index (χ3v) is 4.93. The van der Waals surface area contributed by atoms with Gasteiger partial charge in [-0.05, 0) is 18.4 Å². The molecule has 2 aromatic rings. The Balaban J connectivity index is 1.94. The molecule has 2 rings (SSSR count). The largest absolute Gasteiger partial charge is 0.309 e. The molecule has 114 valence electrons. The van der Waals surface area contributed by atoms with E-state index in [0.717, 1.165) is 4.88 Å². The summed E-state index contributed by atoms with van der Waals surface area (Å²) in [5.41, 5.74) is 0. The van der Waals surface area contributed by atoms with Gasteiger partial charge in [0.05, 0.1) is 18.2 Å². The lowest BCUT2D eigenvalue weighted by Gasteiger charge is -2.08. The third-order valence-electron chi connectivity index (χ3n) is 2.95. The predicted molar refractivity (Wildman–Crippen MR) is 83.3 cm³/mol. The molecular formula is C13H17N3O3S2. The van der Waals surface area contributed by atoms with Crippen LogP contribution in [-0.4, -0.2) is 36.1 Å². The van der Waals surface area contributed by atoms with Crippen molar-refractivity contribution in [1.82, 2.24) is 9.78 Å². The average molecular weight is 327 g/mol. The van der Waals surface area contributed by atoms with E-state index in [-0.39, 0.29) is 24.1 Å². The normalized spacial score (nSPS) is 13.0. The Morgan fingerprint density at radius 2 is 2.24 bits per heavy atom. The average Bonchev–Trinajstić information content (AvgIpc) is 3.06. The summed E-state index contributed by atoms with van der Waals surface area (Å²) in [6, 6.07) is 5.48. The van der Waals surface area contributed by atoms with Gasteiger partial charge in [-0.3, -0.25) is 9.48 Å². The first kappa shape index (κ1) is 15.7. The zero-order chi connectivity index (χ0) is 15.5. The predicted octanol–water partition coefficient (Wildman–Crippen LogP) is 1.73. The highest BCUT2D eigenvalue weighted by atomic mass is 32.2. The van der Waals surface area contributed by atoms with E-state index in [0.29, 0.717) is 5.82 Å². The van der Waals surface area contributed by atoms with E-state index in [9.17, 15) is 13.2 Å². The van der Waals surface area contributed by atoms with Gasteiger partial charge in [0.1, 0.15) is 9.84 Å². The van der Waals surface area contributed by atoms with E-state index in [1.54, 1.807) is 12.3 Å². The summed E-state index contributed by atoms with van der Waals surface area (Å²) in [5, 5.41) is 8.80. The van der Waals surface area contributed by atoms with Gasteiger partial charge in [-0.1, -0.05) is 6.07 Å². The maximum atomic E-state index is 12.1. The molecule has 1 atom stereocenters. The molecule has 0 aliphatic carbocycles. The highest BCUT2D eigenvalue weighted by Crippen LogP contribution is 2.21. The van der Waals surface area contributed by atoms with E-state index in [1.807, 2.05) is 24.4 Å². The summed E-state index contributed by atoms with van der Waals surface area (Å²) in [4.78, 5) is 13.1. The lowest BCUT2D eigenvalue weighted by molar-refractivity contribution is -0.117. The molecule has 0 spiro atoms. The maximum absolute atomic E-state index is 12.1. The summed E-state index contributed by atoms with van der Waals surface area (Å²) in [6.07, 6.45) is 2.83. The van der Waals surface area contributed by atoms with Crippen molar-refractivity contribution in [2.24, 2.45) is 0 Å². The highest BCUT2D eigenvalue weighted by molar-refractivity contribution is 7.90. The molecule has 2 heterocycles. The van der Waals surface area contributed by atoms with Gasteiger partial charge in [-0.2, -0.15) is 5.10 Å². The minimum Gasteiger partial charge on any atom is -0.309 e. The smallest absolute Gasteiger partial charge is 0.233 e. The second-order valence-corrected chi connectivity index (χ2v) is 8.06. The van der Waals surface area contributed by atoms with Crippen molar-refractivity contribution in [2.45, 2.75) is 19.4 Å². The molecule has 0 aliphatic heterocycles. The molecular weight excluding hydrogens is 310 g/mol. The second-order valence-electron chi connectivity index (χ2n) is 4.82. The number of rotatable bonds is 6. The van der Waals surface area contributed by atoms with Crippen LogP contribution in [0.1, 0.15) is 17.7 Å². The quantitative estimate of drug-likeness (QED) is 0.876. The first-order valence-corrected chi connectivity index (χ1v) is 9.34. The number of aromatic nitrogens is 2. The van der Waals surface area contributed by atoms with Crippen LogP contribution in [0.15, 0.2) is 29.8 Å². The van der Waals surface area contributed by atoms with Gasteiger partial charge in [-0.25, -0.2) is 8.42 Å². The molecule has 1 unspecified atom stereocenters. The van der Waals surface area contributed by atoms with E-state index in [1.165, 1.54) is 22.3 Å². The maximum Gasteiger partial charge on any atom is 0.233 e. The van der Waals surface area contributed by atoms with Crippen LogP contribution < -0.4 is 5.32 Å². The lowest BCUT2D eigenvalue weighted by atomic mass is 10.1. The number of sulfone groups is 1. The molecule has 0 saturated carbocycles. The monoisotopic (exact) mass is 327 g/mol. The number of aryl methyl sites for hydroxylation is 1. The zero-order valence-electron chi connectivity index (χ0n) is 11.8. The van der Waals surface area contributed by atoms with E-state index in [2.05, 4.69) is 10.4 Å². The summed E-state index contributed by atoms with van der Waals surface area (Å²) < 4.78 is 23.7. The topological polar surface area (TPSA) is 81.1 Å². The molecule has 8 heteroatoms. The first-order valence-electron chi connectivity index (χ1n) is 6.40. The molecule has 0 saturated heterocycles. The second kappa shape index (κ2) is 6.40. The fourth-order valence-corrected chi connectivity index (χ4v) is 3.01. The standard InChI is InChI=1S/C13H17N3O3S2/c1-10(11-4-3-8-20-11)13(17)14-12-5-6-16(15-12)7-9-21(2,18)19/h3-6,8,10H,7,9H2,1-2H3,(H,14,15,17). The van der Waals surface area contributed by atoms with Crippen molar-refractivity contribution < 1.29 is 13.2 Å². The zero-order valence-corrected chi connectivity index (χ0v) is 13.4. The van der Waals surface area contributed by atoms with Crippen LogP contribution >= 0.6 is 11.3 Å². The number of hydrogen-bond acceptors (Lipinski definition) is 5. The number of anilines is 1. The van der Waals surface area contributed by atoms with E-state index >= 15 is 0 Å². The highest BCUT2D eigenvalue weighted by Gasteiger charge is 2.17. The molecule has 6 nitrogen and oxygen atoms in total. The lowest BCUT2D eigenvalue weighted by Crippen LogP contribution is -2.19. The molecule has 0 bridgehead atoms. The van der Waals surface area contributed by atoms with Crippen LogP contribution in [0.3, 0.4) is 0 Å². The van der Waals surface area contributed by atoms with Crippen molar-refractivity contribution in [3.05, 3.63) is 34.7 Å². The van der Waals surface area contributed by atoms with E-state index in [4.69, 9.17) is 0 Å². The number of thiophene rings is 1. The van der Waals surface area contributed by atoms with Gasteiger partial charge in [0.25, 0.3) is 0 Å². The van der Waals surface area contributed by atoms with Gasteiger partial charge >= 0.3 is 0 Å². The fraction of sp³-hybridized carbons (Fsp3) is 0.385. The summed E-state index contributed by atoms with van der Waals surface area (Å²) in [5.74, 6) is 0.0714. The van der Waals surface area contributed by atoms with Crippen molar-refractivity contribution in [3.8, 4) is 0 Å². The number of hydrogen-bond donors (Lipinski definition) is 1. The SMILES string of the molecule is CC(C(=O)Nc1ccn(CCS(C)(=O)=O)n1)c1cccs1. The van der Waals surface area contributed by atoms with Crippen LogP contribution in [-0.2, 0) is 21.2 Å². The minimum absolute atomic E-state index is 0.0215. The van der Waals surface area contributed by atoms with Gasteiger partial charge in [0.15, 0.2) is 5.82 Å². The Labute approximate surface area is 127 Å². The van der Waals surface area contributed by atoms with Gasteiger partial charge < -0.3 is 5.32 Å². The van der Waals surface area contributed by atoms with Gasteiger partial charge in [-0.15, -0.1) is 11.3 Å². The van der Waals surface area contributed by atoms with Crippen molar-refractivity contribution >= 4 is 32.9 Å². The molecule has 21 heavy (non-hydrogen) atoms. The Bertz CT molecular complexity index is 705. The summed E-state index contributed by atoms with van der Waals surface area (Å²) in [6.45, 7) is 2.11. The first-order chi connectivity index (χ1) is 9.85. The van der Waals surface area contributed by atoms with Gasteiger partial charge in [0.2, 0.25) is 5.91 Å². The van der Waals surface area contributed by atoms with Crippen molar-refractivity contribution in [2.75, 3.05) is 17.3 Å². The number of nitrogens with one attached hydrogen (secondary N) is 1. The molecule has 0 fully saturated rings. The van der Waals surface area contributed by atoms with Gasteiger partial charge in [0, 0.05) is 23.4 Å². The Kier molecular flexibility index (Phi) is 4.79. The number of carbonyl (C=O) groups is 1. The van der Waals surface area contributed by atoms with Crippen LogP contribution in [0.2, 0.25) is 0 Å². The Morgan fingerprint density at radius 3 is 2.86 bits per heavy atom. The minimum atomic E-state index is -3.03. The van der Waals surface area contributed by atoms with Crippen LogP contribution in [0.4, 0.5) is 5.82 Å². The summed E-state index contributed by atoms with van der Waals surface area (Å²) in [7, 11) is -3.03. The Hall–Kier alpha value is -1.67. The Morgan fingerprint density at radius 1 is 1.48 bits per heavy atom. The molecule has 0 aliphatic rings. The summed E-state index contributed by atoms with van der Waals surface area (Å²) >= 11 is 1.53. The fourth-order valence-electron chi connectivity index (χ4n) is 1.71. The molecule has 0 radical (unpaired) electrons. The van der Waals surface area contributed by atoms with Crippen molar-refractivity contribution in [1.29, 1.82) is 0 Å². The molecule has 1 N–H and O–H groups in total. The molecule has 1 amide bonds. The molecule has 0 aromatic carbocycles. The number of nitrogens with zero attached hydrogens (tertiary/aromatic N) is 2. The van der Waals surface area contributed by atoms with Crippen LogP contribution in [0, 0.1) is 0 Å².